The van der Waals surface area contributed by atoms with Gasteiger partial charge in [0.15, 0.2) is 0 Å². The van der Waals surface area contributed by atoms with Crippen LogP contribution in [0.4, 0.5) is 0 Å². The zero-order valence-electron chi connectivity index (χ0n) is 12.5. The van der Waals surface area contributed by atoms with Gasteiger partial charge in [0.2, 0.25) is 0 Å². The second-order valence-electron chi connectivity index (χ2n) is 5.95. The molecule has 22 heavy (non-hydrogen) atoms. The first-order valence-corrected chi connectivity index (χ1v) is 7.54. The van der Waals surface area contributed by atoms with Crippen molar-refractivity contribution >= 4 is 0 Å². The Morgan fingerprint density at radius 3 is 2.32 bits per heavy atom. The standard InChI is InChI=1S/C16H24O6/c1-9-14(19)16(21)15(20)13(22-9)8-12(18)7-4-10-2-5-11(17)6-3-10/h2-3,5-6,9,12-21H,4,7-8H2,1H3. The summed E-state index contributed by atoms with van der Waals surface area (Å²) in [5.41, 5.74) is 0.991. The van der Waals surface area contributed by atoms with Crippen LogP contribution in [-0.2, 0) is 11.2 Å². The second kappa shape index (κ2) is 7.39. The molecule has 0 radical (unpaired) electrons. The Hall–Kier alpha value is -1.18. The number of aryl methyl sites for hydroxylation is 1. The van der Waals surface area contributed by atoms with Gasteiger partial charge in [0, 0.05) is 6.42 Å². The largest absolute Gasteiger partial charge is 0.508 e. The number of aromatic hydroxyl groups is 1. The fraction of sp³-hybridized carbons (Fsp3) is 0.625. The molecule has 1 aromatic rings. The molecular weight excluding hydrogens is 288 g/mol. The maximum atomic E-state index is 10.1. The maximum absolute atomic E-state index is 10.1. The van der Waals surface area contributed by atoms with Gasteiger partial charge in [-0.25, -0.2) is 0 Å². The highest BCUT2D eigenvalue weighted by Gasteiger charge is 2.42. The lowest BCUT2D eigenvalue weighted by Crippen LogP contribution is -2.57. The van der Waals surface area contributed by atoms with E-state index in [0.29, 0.717) is 12.8 Å². The molecule has 6 heteroatoms. The third-order valence-corrected chi connectivity index (χ3v) is 4.16. The summed E-state index contributed by atoms with van der Waals surface area (Å²) in [5.74, 6) is 0.199. The first kappa shape index (κ1) is 17.2. The molecule has 124 valence electrons. The Balaban J connectivity index is 1.83. The number of rotatable bonds is 5. The van der Waals surface area contributed by atoms with Gasteiger partial charge < -0.3 is 30.3 Å². The molecule has 1 aliphatic heterocycles. The first-order chi connectivity index (χ1) is 10.4. The highest BCUT2D eigenvalue weighted by atomic mass is 16.5. The topological polar surface area (TPSA) is 110 Å². The van der Waals surface area contributed by atoms with Crippen LogP contribution in [0.2, 0.25) is 0 Å². The van der Waals surface area contributed by atoms with Crippen molar-refractivity contribution in [3.05, 3.63) is 29.8 Å². The SMILES string of the molecule is CC1OC(CC(O)CCc2ccc(O)cc2)C(O)C(O)C1O. The van der Waals surface area contributed by atoms with Crippen LogP contribution in [0.3, 0.4) is 0 Å². The zero-order chi connectivity index (χ0) is 16.3. The van der Waals surface area contributed by atoms with E-state index in [1.165, 1.54) is 0 Å². The number of hydrogen-bond acceptors (Lipinski definition) is 6. The fourth-order valence-electron chi connectivity index (χ4n) is 2.71. The molecule has 0 bridgehead atoms. The molecule has 6 unspecified atom stereocenters. The van der Waals surface area contributed by atoms with Crippen LogP contribution in [0.1, 0.15) is 25.3 Å². The summed E-state index contributed by atoms with van der Waals surface area (Å²) in [5, 5.41) is 48.6. The lowest BCUT2D eigenvalue weighted by molar-refractivity contribution is -0.222. The predicted molar refractivity (Wildman–Crippen MR) is 79.4 cm³/mol. The van der Waals surface area contributed by atoms with E-state index >= 15 is 0 Å². The summed E-state index contributed by atoms with van der Waals surface area (Å²) in [7, 11) is 0. The van der Waals surface area contributed by atoms with E-state index in [-0.39, 0.29) is 12.2 Å². The second-order valence-corrected chi connectivity index (χ2v) is 5.95. The molecule has 1 heterocycles. The number of phenols is 1. The van der Waals surface area contributed by atoms with E-state index < -0.39 is 36.6 Å². The van der Waals surface area contributed by atoms with E-state index in [4.69, 9.17) is 4.74 Å². The average Bonchev–Trinajstić information content (AvgIpc) is 2.50. The van der Waals surface area contributed by atoms with Crippen molar-refractivity contribution in [1.82, 2.24) is 0 Å². The summed E-state index contributed by atoms with van der Waals surface area (Å²) in [4.78, 5) is 0. The van der Waals surface area contributed by atoms with E-state index in [1.807, 2.05) is 0 Å². The maximum Gasteiger partial charge on any atom is 0.115 e. The van der Waals surface area contributed by atoms with Crippen LogP contribution in [0.5, 0.6) is 5.75 Å². The molecular formula is C16H24O6. The number of phenolic OH excluding ortho intramolecular Hbond substituents is 1. The predicted octanol–water partition coefficient (Wildman–Crippen LogP) is -0.0542. The molecule has 0 spiro atoms. The van der Waals surface area contributed by atoms with Crippen molar-refractivity contribution in [1.29, 1.82) is 0 Å². The lowest BCUT2D eigenvalue weighted by Gasteiger charge is -2.40. The van der Waals surface area contributed by atoms with Gasteiger partial charge in [-0.3, -0.25) is 0 Å². The Bertz CT molecular complexity index is 462. The summed E-state index contributed by atoms with van der Waals surface area (Å²) in [6.45, 7) is 1.62. The van der Waals surface area contributed by atoms with Crippen LogP contribution in [0.15, 0.2) is 24.3 Å². The van der Waals surface area contributed by atoms with Crippen LogP contribution in [-0.4, -0.2) is 62.2 Å². The van der Waals surface area contributed by atoms with Gasteiger partial charge in [0.25, 0.3) is 0 Å². The number of aliphatic hydroxyl groups excluding tert-OH is 4. The Kier molecular flexibility index (Phi) is 5.77. The first-order valence-electron chi connectivity index (χ1n) is 7.54. The fourth-order valence-corrected chi connectivity index (χ4v) is 2.71. The van der Waals surface area contributed by atoms with E-state index in [0.717, 1.165) is 5.56 Å². The normalized spacial score (nSPS) is 33.6. The smallest absolute Gasteiger partial charge is 0.115 e. The van der Waals surface area contributed by atoms with E-state index in [1.54, 1.807) is 31.2 Å². The minimum Gasteiger partial charge on any atom is -0.508 e. The lowest BCUT2D eigenvalue weighted by atomic mass is 9.91. The number of ether oxygens (including phenoxy) is 1. The van der Waals surface area contributed by atoms with Gasteiger partial charge in [0.05, 0.1) is 18.3 Å². The third-order valence-electron chi connectivity index (χ3n) is 4.16. The molecule has 6 atom stereocenters. The Morgan fingerprint density at radius 1 is 1.05 bits per heavy atom. The van der Waals surface area contributed by atoms with Crippen LogP contribution in [0.25, 0.3) is 0 Å². The quantitative estimate of drug-likeness (QED) is 0.521. The van der Waals surface area contributed by atoms with Gasteiger partial charge in [-0.15, -0.1) is 0 Å². The molecule has 5 N–H and O–H groups in total. The molecule has 1 fully saturated rings. The molecule has 0 saturated carbocycles. The van der Waals surface area contributed by atoms with Gasteiger partial charge >= 0.3 is 0 Å². The molecule has 0 aliphatic carbocycles. The minimum atomic E-state index is -1.27. The van der Waals surface area contributed by atoms with Gasteiger partial charge in [-0.1, -0.05) is 12.1 Å². The van der Waals surface area contributed by atoms with Crippen molar-refractivity contribution in [3.63, 3.8) is 0 Å². The molecule has 1 aromatic carbocycles. The molecule has 0 amide bonds. The molecule has 6 nitrogen and oxygen atoms in total. The van der Waals surface area contributed by atoms with Crippen molar-refractivity contribution in [2.75, 3.05) is 0 Å². The van der Waals surface area contributed by atoms with Crippen molar-refractivity contribution < 1.29 is 30.3 Å². The van der Waals surface area contributed by atoms with E-state index in [2.05, 4.69) is 0 Å². The van der Waals surface area contributed by atoms with Crippen molar-refractivity contribution in [2.24, 2.45) is 0 Å². The average molecular weight is 312 g/mol. The zero-order valence-corrected chi connectivity index (χ0v) is 12.5. The van der Waals surface area contributed by atoms with Gasteiger partial charge in [-0.2, -0.15) is 0 Å². The summed E-state index contributed by atoms with van der Waals surface area (Å²) in [6.07, 6.45) is -4.30. The summed E-state index contributed by atoms with van der Waals surface area (Å²) < 4.78 is 5.47. The monoisotopic (exact) mass is 312 g/mol. The van der Waals surface area contributed by atoms with Crippen LogP contribution in [0, 0.1) is 0 Å². The number of aliphatic hydroxyl groups is 4. The van der Waals surface area contributed by atoms with Crippen molar-refractivity contribution in [2.45, 2.75) is 62.8 Å². The van der Waals surface area contributed by atoms with Crippen molar-refractivity contribution in [3.8, 4) is 5.75 Å². The molecule has 1 saturated heterocycles. The molecule has 0 aromatic heterocycles. The number of benzene rings is 1. The highest BCUT2D eigenvalue weighted by Crippen LogP contribution is 2.25. The van der Waals surface area contributed by atoms with Gasteiger partial charge in [0.1, 0.15) is 24.1 Å². The summed E-state index contributed by atoms with van der Waals surface area (Å²) in [6, 6.07) is 6.76. The van der Waals surface area contributed by atoms with E-state index in [9.17, 15) is 25.5 Å². The highest BCUT2D eigenvalue weighted by molar-refractivity contribution is 5.25. The number of hydrogen-bond donors (Lipinski definition) is 5. The summed E-state index contributed by atoms with van der Waals surface area (Å²) >= 11 is 0. The van der Waals surface area contributed by atoms with Crippen LogP contribution < -0.4 is 0 Å². The Morgan fingerprint density at radius 2 is 1.68 bits per heavy atom. The minimum absolute atomic E-state index is 0.188. The Labute approximate surface area is 129 Å². The van der Waals surface area contributed by atoms with Crippen LogP contribution >= 0.6 is 0 Å². The van der Waals surface area contributed by atoms with Gasteiger partial charge in [-0.05, 0) is 37.5 Å². The third kappa shape index (κ3) is 4.18. The molecule has 2 rings (SSSR count). The molecule has 1 aliphatic rings.